The first-order chi connectivity index (χ1) is 12.3. The maximum atomic E-state index is 12.3. The molecule has 142 valence electrons. The fraction of sp³-hybridized carbons (Fsp3) is 0.500. The van der Waals surface area contributed by atoms with Gasteiger partial charge in [-0.15, -0.1) is 11.3 Å². The van der Waals surface area contributed by atoms with E-state index in [1.54, 1.807) is 5.38 Å². The van der Waals surface area contributed by atoms with Gasteiger partial charge in [0.1, 0.15) is 11.4 Å². The summed E-state index contributed by atoms with van der Waals surface area (Å²) in [7, 11) is 0. The first-order valence-corrected chi connectivity index (χ1v) is 9.86. The van der Waals surface area contributed by atoms with Gasteiger partial charge in [-0.3, -0.25) is 4.79 Å². The van der Waals surface area contributed by atoms with E-state index in [1.807, 2.05) is 12.1 Å². The largest absolute Gasteiger partial charge is 0.493 e. The molecule has 0 aliphatic carbocycles. The topological polar surface area (TPSA) is 77.2 Å². The smallest absolute Gasteiger partial charge is 0.270 e. The molecule has 5 nitrogen and oxygen atoms in total. The molecule has 1 amide bonds. The van der Waals surface area contributed by atoms with Gasteiger partial charge < -0.3 is 15.8 Å². The van der Waals surface area contributed by atoms with Crippen molar-refractivity contribution in [1.29, 1.82) is 0 Å². The molecular formula is C20H29N3O2S. The number of nitrogens with two attached hydrogens (primary N) is 1. The third-order valence-electron chi connectivity index (χ3n) is 4.05. The van der Waals surface area contributed by atoms with E-state index in [4.69, 9.17) is 10.5 Å². The maximum absolute atomic E-state index is 12.3. The van der Waals surface area contributed by atoms with Crippen LogP contribution in [0.25, 0.3) is 0 Å². The third-order valence-corrected chi connectivity index (χ3v) is 4.96. The van der Waals surface area contributed by atoms with Gasteiger partial charge in [0.25, 0.3) is 5.91 Å². The van der Waals surface area contributed by atoms with Crippen LogP contribution in [-0.2, 0) is 11.8 Å². The Morgan fingerprint density at radius 2 is 2.00 bits per heavy atom. The molecule has 26 heavy (non-hydrogen) atoms. The number of nitrogens with one attached hydrogen (secondary N) is 1. The average Bonchev–Trinajstić information content (AvgIpc) is 3.07. The number of ether oxygens (including phenoxy) is 1. The molecule has 1 aromatic heterocycles. The summed E-state index contributed by atoms with van der Waals surface area (Å²) in [5, 5.41) is 5.67. The van der Waals surface area contributed by atoms with Gasteiger partial charge in [0.05, 0.1) is 11.6 Å². The SMILES string of the molecule is CC(C)COc1ccc(C(C)(C)CNC(=O)c2csc(CCN)n2)cc1. The summed E-state index contributed by atoms with van der Waals surface area (Å²) in [4.78, 5) is 16.7. The van der Waals surface area contributed by atoms with Crippen molar-refractivity contribution in [2.75, 3.05) is 19.7 Å². The monoisotopic (exact) mass is 375 g/mol. The first kappa shape index (κ1) is 20.4. The molecule has 0 fully saturated rings. The number of carbonyl (C=O) groups excluding carboxylic acids is 1. The van der Waals surface area contributed by atoms with Crippen molar-refractivity contribution >= 4 is 17.2 Å². The second kappa shape index (κ2) is 9.14. The zero-order valence-corrected chi connectivity index (χ0v) is 16.9. The number of carbonyl (C=O) groups is 1. The second-order valence-electron chi connectivity index (χ2n) is 7.46. The van der Waals surface area contributed by atoms with Crippen LogP contribution < -0.4 is 15.8 Å². The van der Waals surface area contributed by atoms with Crippen molar-refractivity contribution < 1.29 is 9.53 Å². The number of nitrogens with zero attached hydrogens (tertiary/aromatic N) is 1. The van der Waals surface area contributed by atoms with Crippen molar-refractivity contribution in [1.82, 2.24) is 10.3 Å². The molecule has 0 aliphatic rings. The molecule has 0 atom stereocenters. The Hall–Kier alpha value is -1.92. The van der Waals surface area contributed by atoms with E-state index >= 15 is 0 Å². The lowest BCUT2D eigenvalue weighted by molar-refractivity contribution is 0.0941. The molecule has 0 saturated carbocycles. The molecule has 0 unspecified atom stereocenters. The fourth-order valence-electron chi connectivity index (χ4n) is 2.41. The molecule has 2 rings (SSSR count). The molecule has 1 aromatic carbocycles. The predicted octanol–water partition coefficient (Wildman–Crippen LogP) is 3.39. The summed E-state index contributed by atoms with van der Waals surface area (Å²) in [6.07, 6.45) is 0.703. The van der Waals surface area contributed by atoms with Gasteiger partial charge in [0.2, 0.25) is 0 Å². The summed E-state index contributed by atoms with van der Waals surface area (Å²) in [6, 6.07) is 8.09. The second-order valence-corrected chi connectivity index (χ2v) is 8.40. The minimum absolute atomic E-state index is 0.144. The Balaban J connectivity index is 1.93. The number of benzene rings is 1. The first-order valence-electron chi connectivity index (χ1n) is 8.98. The molecule has 0 radical (unpaired) electrons. The quantitative estimate of drug-likeness (QED) is 0.704. The number of thiazole rings is 1. The Labute approximate surface area is 160 Å². The van der Waals surface area contributed by atoms with Crippen molar-refractivity contribution in [3.8, 4) is 5.75 Å². The van der Waals surface area contributed by atoms with Crippen LogP contribution in [0.1, 0.15) is 48.8 Å². The summed E-state index contributed by atoms with van der Waals surface area (Å²) in [5.74, 6) is 1.23. The van der Waals surface area contributed by atoms with Gasteiger partial charge in [-0.05, 0) is 30.2 Å². The van der Waals surface area contributed by atoms with Gasteiger partial charge in [-0.2, -0.15) is 0 Å². The van der Waals surface area contributed by atoms with Crippen LogP contribution >= 0.6 is 11.3 Å². The minimum Gasteiger partial charge on any atom is -0.493 e. The third kappa shape index (κ3) is 5.81. The zero-order chi connectivity index (χ0) is 19.2. The molecule has 6 heteroatoms. The van der Waals surface area contributed by atoms with Gasteiger partial charge in [0.15, 0.2) is 0 Å². The Morgan fingerprint density at radius 3 is 2.62 bits per heavy atom. The summed E-state index contributed by atoms with van der Waals surface area (Å²) >= 11 is 1.47. The molecule has 0 bridgehead atoms. The van der Waals surface area contributed by atoms with E-state index in [1.165, 1.54) is 11.3 Å². The highest BCUT2D eigenvalue weighted by Gasteiger charge is 2.22. The van der Waals surface area contributed by atoms with Crippen LogP contribution in [0.5, 0.6) is 5.75 Å². The number of rotatable bonds is 9. The van der Waals surface area contributed by atoms with Crippen LogP contribution in [0, 0.1) is 5.92 Å². The Kier molecular flexibility index (Phi) is 7.17. The predicted molar refractivity (Wildman–Crippen MR) is 107 cm³/mol. The van der Waals surface area contributed by atoms with E-state index in [0.29, 0.717) is 37.7 Å². The Bertz CT molecular complexity index is 708. The molecular weight excluding hydrogens is 346 g/mol. The minimum atomic E-state index is -0.192. The average molecular weight is 376 g/mol. The van der Waals surface area contributed by atoms with Crippen LogP contribution in [0.3, 0.4) is 0 Å². The van der Waals surface area contributed by atoms with Gasteiger partial charge >= 0.3 is 0 Å². The van der Waals surface area contributed by atoms with Crippen LogP contribution in [0.4, 0.5) is 0 Å². The highest BCUT2D eigenvalue weighted by Crippen LogP contribution is 2.25. The molecule has 0 aliphatic heterocycles. The lowest BCUT2D eigenvalue weighted by Gasteiger charge is -2.25. The van der Waals surface area contributed by atoms with Gasteiger partial charge in [-0.25, -0.2) is 4.98 Å². The molecule has 3 N–H and O–H groups in total. The maximum Gasteiger partial charge on any atom is 0.270 e. The van der Waals surface area contributed by atoms with Crippen molar-refractivity contribution in [2.24, 2.45) is 11.7 Å². The lowest BCUT2D eigenvalue weighted by atomic mass is 9.84. The summed E-state index contributed by atoms with van der Waals surface area (Å²) in [6.45, 7) is 10.2. The molecule has 1 heterocycles. The van der Waals surface area contributed by atoms with E-state index in [0.717, 1.165) is 16.3 Å². The van der Waals surface area contributed by atoms with Crippen molar-refractivity contribution in [3.63, 3.8) is 0 Å². The number of aromatic nitrogens is 1. The van der Waals surface area contributed by atoms with E-state index < -0.39 is 0 Å². The van der Waals surface area contributed by atoms with E-state index in [-0.39, 0.29) is 11.3 Å². The molecule has 0 spiro atoms. The van der Waals surface area contributed by atoms with E-state index in [2.05, 4.69) is 50.1 Å². The number of amides is 1. The van der Waals surface area contributed by atoms with Crippen molar-refractivity contribution in [3.05, 3.63) is 45.9 Å². The zero-order valence-electron chi connectivity index (χ0n) is 16.0. The molecule has 0 saturated heterocycles. The lowest BCUT2D eigenvalue weighted by Crippen LogP contribution is -2.36. The molecule has 2 aromatic rings. The highest BCUT2D eigenvalue weighted by atomic mass is 32.1. The summed E-state index contributed by atoms with van der Waals surface area (Å²) < 4.78 is 5.73. The van der Waals surface area contributed by atoms with Crippen molar-refractivity contribution in [2.45, 2.75) is 39.5 Å². The van der Waals surface area contributed by atoms with Crippen LogP contribution in [0.2, 0.25) is 0 Å². The number of hydrogen-bond donors (Lipinski definition) is 2. The number of hydrogen-bond acceptors (Lipinski definition) is 5. The highest BCUT2D eigenvalue weighted by molar-refractivity contribution is 7.09. The standard InChI is InChI=1S/C20H29N3O2S/c1-14(2)11-25-16-7-5-15(6-8-16)20(3,4)13-22-19(24)17-12-26-18(23-17)9-10-21/h5-8,12,14H,9-11,13,21H2,1-4H3,(H,22,24). The summed E-state index contributed by atoms with van der Waals surface area (Å²) in [5.41, 5.74) is 6.95. The van der Waals surface area contributed by atoms with Crippen LogP contribution in [0.15, 0.2) is 29.6 Å². The van der Waals surface area contributed by atoms with Gasteiger partial charge in [-0.1, -0.05) is 39.8 Å². The fourth-order valence-corrected chi connectivity index (χ4v) is 3.21. The van der Waals surface area contributed by atoms with E-state index in [9.17, 15) is 4.79 Å². The normalized spacial score (nSPS) is 11.6. The van der Waals surface area contributed by atoms with Gasteiger partial charge in [0, 0.05) is 23.8 Å². The Morgan fingerprint density at radius 1 is 1.31 bits per heavy atom. The van der Waals surface area contributed by atoms with Crippen LogP contribution in [-0.4, -0.2) is 30.6 Å².